The highest BCUT2D eigenvalue weighted by Gasteiger charge is 2.21. The number of carbonyl (C=O) groups is 1. The van der Waals surface area contributed by atoms with E-state index in [9.17, 15) is 9.18 Å². The lowest BCUT2D eigenvalue weighted by molar-refractivity contribution is 0.102. The Kier molecular flexibility index (Phi) is 5.69. The average molecular weight is 374 g/mol. The number of amides is 1. The zero-order valence-electron chi connectivity index (χ0n) is 15.7. The van der Waals surface area contributed by atoms with Crippen LogP contribution in [0.3, 0.4) is 0 Å². The molecule has 0 atom stereocenters. The second-order valence-corrected chi connectivity index (χ2v) is 6.20. The number of nitrogens with zero attached hydrogens (tertiary/aromatic N) is 1. The largest absolute Gasteiger partial charge is 0.493 e. The van der Waals surface area contributed by atoms with Gasteiger partial charge in [-0.3, -0.25) is 4.79 Å². The van der Waals surface area contributed by atoms with Crippen LogP contribution in [-0.4, -0.2) is 40.3 Å². The van der Waals surface area contributed by atoms with Crippen LogP contribution in [-0.2, 0) is 0 Å². The topological polar surface area (TPSA) is 60.0 Å². The minimum atomic E-state index is -0.430. The quantitative estimate of drug-likeness (QED) is 0.835. The molecule has 0 aromatic heterocycles. The number of anilines is 2. The smallest absolute Gasteiger partial charge is 0.259 e. The zero-order chi connectivity index (χ0) is 19.4. The van der Waals surface area contributed by atoms with Crippen molar-refractivity contribution in [3.05, 3.63) is 41.7 Å². The highest BCUT2D eigenvalue weighted by atomic mass is 19.1. The summed E-state index contributed by atoms with van der Waals surface area (Å²) in [5, 5.41) is 2.71. The normalized spacial score (nSPS) is 13.4. The summed E-state index contributed by atoms with van der Waals surface area (Å²) in [5.41, 5.74) is 1.20. The Labute approximate surface area is 157 Å². The van der Waals surface area contributed by atoms with E-state index in [1.165, 1.54) is 27.4 Å². The van der Waals surface area contributed by atoms with E-state index < -0.39 is 5.91 Å². The molecule has 0 saturated carbocycles. The van der Waals surface area contributed by atoms with Crippen LogP contribution in [0, 0.1) is 5.82 Å². The van der Waals surface area contributed by atoms with E-state index in [-0.39, 0.29) is 17.1 Å². The number of carbonyl (C=O) groups excluding carboxylic acids is 1. The molecule has 6 nitrogen and oxygen atoms in total. The number of nitrogens with one attached hydrogen (secondary N) is 1. The van der Waals surface area contributed by atoms with Crippen molar-refractivity contribution in [2.45, 2.75) is 12.8 Å². The Hall–Kier alpha value is -2.96. The van der Waals surface area contributed by atoms with Crippen LogP contribution in [0.25, 0.3) is 0 Å². The third-order valence-corrected chi connectivity index (χ3v) is 4.60. The van der Waals surface area contributed by atoms with E-state index >= 15 is 0 Å². The Morgan fingerprint density at radius 3 is 2.30 bits per heavy atom. The summed E-state index contributed by atoms with van der Waals surface area (Å²) in [6, 6.07) is 7.92. The van der Waals surface area contributed by atoms with Crippen molar-refractivity contribution in [3.8, 4) is 17.2 Å². The number of rotatable bonds is 6. The predicted molar refractivity (Wildman–Crippen MR) is 102 cm³/mol. The molecule has 1 aliphatic heterocycles. The van der Waals surface area contributed by atoms with Crippen molar-refractivity contribution >= 4 is 17.3 Å². The van der Waals surface area contributed by atoms with Gasteiger partial charge in [-0.1, -0.05) is 0 Å². The van der Waals surface area contributed by atoms with E-state index in [0.29, 0.717) is 22.9 Å². The molecule has 0 unspecified atom stereocenters. The minimum absolute atomic E-state index is 0.253. The van der Waals surface area contributed by atoms with Crippen LogP contribution in [0.15, 0.2) is 30.3 Å². The fourth-order valence-electron chi connectivity index (χ4n) is 3.28. The molecule has 0 radical (unpaired) electrons. The predicted octanol–water partition coefficient (Wildman–Crippen LogP) is 3.70. The number of hydrogen-bond acceptors (Lipinski definition) is 5. The molecular formula is C20H23FN2O4. The second-order valence-electron chi connectivity index (χ2n) is 6.20. The first-order valence-corrected chi connectivity index (χ1v) is 8.74. The fourth-order valence-corrected chi connectivity index (χ4v) is 3.28. The SMILES string of the molecule is COc1ccc(C(=O)Nc2ccc(N3CCCC3)c(F)c2)c(OC)c1OC. The molecule has 1 saturated heterocycles. The molecule has 1 amide bonds. The van der Waals surface area contributed by atoms with E-state index in [1.807, 2.05) is 4.90 Å². The molecule has 0 spiro atoms. The first-order valence-electron chi connectivity index (χ1n) is 8.74. The zero-order valence-corrected chi connectivity index (χ0v) is 15.7. The monoisotopic (exact) mass is 374 g/mol. The number of ether oxygens (including phenoxy) is 3. The molecule has 2 aromatic rings. The summed E-state index contributed by atoms with van der Waals surface area (Å²) in [6.45, 7) is 1.71. The van der Waals surface area contributed by atoms with Crippen molar-refractivity contribution in [2.75, 3.05) is 44.6 Å². The highest BCUT2D eigenvalue weighted by Crippen LogP contribution is 2.40. The van der Waals surface area contributed by atoms with Gasteiger partial charge in [0.05, 0.1) is 32.6 Å². The van der Waals surface area contributed by atoms with Gasteiger partial charge >= 0.3 is 0 Å². The Morgan fingerprint density at radius 1 is 1.00 bits per heavy atom. The lowest BCUT2D eigenvalue weighted by atomic mass is 10.1. The third-order valence-electron chi connectivity index (χ3n) is 4.60. The summed E-state index contributed by atoms with van der Waals surface area (Å²) >= 11 is 0. The standard InChI is InChI=1S/C20H23FN2O4/c1-25-17-9-7-14(18(26-2)19(17)27-3)20(24)22-13-6-8-16(15(21)12-13)23-10-4-5-11-23/h6-9,12H,4-5,10-11H2,1-3H3,(H,22,24). The van der Waals surface area contributed by atoms with Crippen molar-refractivity contribution in [3.63, 3.8) is 0 Å². The van der Waals surface area contributed by atoms with Crippen molar-refractivity contribution in [1.29, 1.82) is 0 Å². The Bertz CT molecular complexity index is 835. The van der Waals surface area contributed by atoms with E-state index in [2.05, 4.69) is 5.32 Å². The molecule has 0 aliphatic carbocycles. The summed E-state index contributed by atoms with van der Waals surface area (Å²) < 4.78 is 30.3. The summed E-state index contributed by atoms with van der Waals surface area (Å²) in [5.74, 6) is 0.244. The van der Waals surface area contributed by atoms with Crippen molar-refractivity contribution in [2.24, 2.45) is 0 Å². The summed E-state index contributed by atoms with van der Waals surface area (Å²) in [6.07, 6.45) is 2.13. The third kappa shape index (κ3) is 3.77. The van der Waals surface area contributed by atoms with Gasteiger partial charge in [0.2, 0.25) is 5.75 Å². The van der Waals surface area contributed by atoms with Crippen LogP contribution >= 0.6 is 0 Å². The van der Waals surface area contributed by atoms with Crippen molar-refractivity contribution in [1.82, 2.24) is 0 Å². The molecule has 27 heavy (non-hydrogen) atoms. The average Bonchev–Trinajstić information content (AvgIpc) is 3.21. The minimum Gasteiger partial charge on any atom is -0.493 e. The van der Waals surface area contributed by atoms with Crippen molar-refractivity contribution < 1.29 is 23.4 Å². The maximum Gasteiger partial charge on any atom is 0.259 e. The molecule has 1 aliphatic rings. The molecular weight excluding hydrogens is 351 g/mol. The van der Waals surface area contributed by atoms with E-state index in [0.717, 1.165) is 25.9 Å². The Morgan fingerprint density at radius 2 is 1.70 bits per heavy atom. The molecule has 2 aromatic carbocycles. The van der Waals surface area contributed by atoms with Gasteiger partial charge in [0, 0.05) is 18.8 Å². The van der Waals surface area contributed by atoms with Crippen LogP contribution < -0.4 is 24.4 Å². The Balaban J connectivity index is 1.84. The number of halogens is 1. The van der Waals surface area contributed by atoms with Crippen LogP contribution in [0.1, 0.15) is 23.2 Å². The summed E-state index contributed by atoms with van der Waals surface area (Å²) in [4.78, 5) is 14.7. The van der Waals surface area contributed by atoms with E-state index in [1.54, 1.807) is 24.3 Å². The molecule has 3 rings (SSSR count). The van der Waals surface area contributed by atoms with Gasteiger partial charge in [0.1, 0.15) is 5.82 Å². The van der Waals surface area contributed by atoms with Gasteiger partial charge in [-0.05, 0) is 43.2 Å². The summed E-state index contributed by atoms with van der Waals surface area (Å²) in [7, 11) is 4.41. The maximum atomic E-state index is 14.5. The highest BCUT2D eigenvalue weighted by molar-refractivity contribution is 6.07. The van der Waals surface area contributed by atoms with E-state index in [4.69, 9.17) is 14.2 Å². The molecule has 1 N–H and O–H groups in total. The molecule has 1 heterocycles. The van der Waals surface area contributed by atoms with Crippen LogP contribution in [0.5, 0.6) is 17.2 Å². The van der Waals surface area contributed by atoms with Gasteiger partial charge in [-0.25, -0.2) is 4.39 Å². The number of methoxy groups -OCH3 is 3. The maximum absolute atomic E-state index is 14.5. The lowest BCUT2D eigenvalue weighted by Gasteiger charge is -2.19. The molecule has 7 heteroatoms. The number of hydrogen-bond donors (Lipinski definition) is 1. The molecule has 144 valence electrons. The first-order chi connectivity index (χ1) is 13.1. The first kappa shape index (κ1) is 18.8. The van der Waals surface area contributed by atoms with Gasteiger partial charge < -0.3 is 24.4 Å². The molecule has 1 fully saturated rings. The fraction of sp³-hybridized carbons (Fsp3) is 0.350. The second kappa shape index (κ2) is 8.16. The van der Waals surface area contributed by atoms with Gasteiger partial charge in [0.25, 0.3) is 5.91 Å². The van der Waals surface area contributed by atoms with Gasteiger partial charge in [0.15, 0.2) is 11.5 Å². The van der Waals surface area contributed by atoms with Crippen LogP contribution in [0.4, 0.5) is 15.8 Å². The molecule has 0 bridgehead atoms. The van der Waals surface area contributed by atoms with Crippen LogP contribution in [0.2, 0.25) is 0 Å². The lowest BCUT2D eigenvalue weighted by Crippen LogP contribution is -2.19. The number of benzene rings is 2. The van der Waals surface area contributed by atoms with Gasteiger partial charge in [-0.2, -0.15) is 0 Å². The van der Waals surface area contributed by atoms with Gasteiger partial charge in [-0.15, -0.1) is 0 Å².